The molecule has 0 radical (unpaired) electrons. The number of fused-ring (bicyclic) bond motifs is 3. The van der Waals surface area contributed by atoms with Crippen molar-refractivity contribution in [3.05, 3.63) is 45.2 Å². The Kier molecular flexibility index (Phi) is 5.02. The average Bonchev–Trinajstić information content (AvgIpc) is 2.68. The summed E-state index contributed by atoms with van der Waals surface area (Å²) in [7, 11) is 0. The van der Waals surface area contributed by atoms with Gasteiger partial charge in [-0.05, 0) is 35.9 Å². The quantitative estimate of drug-likeness (QED) is 0.841. The molecule has 1 aromatic heterocycles. The molecule has 6 nitrogen and oxygen atoms in total. The highest BCUT2D eigenvalue weighted by Gasteiger charge is 2.23. The first-order chi connectivity index (χ1) is 12.7. The van der Waals surface area contributed by atoms with Gasteiger partial charge in [0.05, 0.1) is 0 Å². The summed E-state index contributed by atoms with van der Waals surface area (Å²) in [4.78, 5) is 32.4. The first kappa shape index (κ1) is 17.6. The minimum Gasteiger partial charge on any atom is -0.336 e. The average molecular weight is 372 g/mol. The first-order valence-electron chi connectivity index (χ1n) is 9.14. The second-order valence-corrected chi connectivity index (χ2v) is 8.00. The Morgan fingerprint density at radius 1 is 1.19 bits per heavy atom. The van der Waals surface area contributed by atoms with Gasteiger partial charge in [-0.1, -0.05) is 0 Å². The van der Waals surface area contributed by atoms with E-state index < -0.39 is 0 Å². The van der Waals surface area contributed by atoms with Crippen molar-refractivity contribution in [2.75, 3.05) is 45.0 Å². The zero-order chi connectivity index (χ0) is 18.1. The van der Waals surface area contributed by atoms with E-state index in [4.69, 9.17) is 5.73 Å². The number of aromatic amines is 1. The van der Waals surface area contributed by atoms with Gasteiger partial charge in [0.1, 0.15) is 0 Å². The van der Waals surface area contributed by atoms with Crippen molar-refractivity contribution >= 4 is 28.6 Å². The van der Waals surface area contributed by atoms with Crippen LogP contribution in [0.2, 0.25) is 0 Å². The molecule has 2 aliphatic rings. The topological polar surface area (TPSA) is 82.4 Å². The van der Waals surface area contributed by atoms with Crippen molar-refractivity contribution in [2.24, 2.45) is 5.73 Å². The molecule has 3 N–H and O–H groups in total. The van der Waals surface area contributed by atoms with Crippen molar-refractivity contribution in [1.29, 1.82) is 0 Å². The van der Waals surface area contributed by atoms with Crippen LogP contribution in [0.15, 0.2) is 23.0 Å². The van der Waals surface area contributed by atoms with E-state index >= 15 is 0 Å². The van der Waals surface area contributed by atoms with Crippen LogP contribution in [-0.2, 0) is 12.2 Å². The minimum absolute atomic E-state index is 0.00908. The zero-order valence-electron chi connectivity index (χ0n) is 14.8. The number of hydrogen-bond donors (Lipinski definition) is 2. The molecule has 0 bridgehead atoms. The van der Waals surface area contributed by atoms with Crippen LogP contribution in [0.5, 0.6) is 0 Å². The number of amides is 1. The molecule has 0 unspecified atom stereocenters. The van der Waals surface area contributed by atoms with Gasteiger partial charge in [0, 0.05) is 67.1 Å². The Labute approximate surface area is 156 Å². The maximum absolute atomic E-state index is 12.9. The Hall–Kier alpha value is -1.83. The molecule has 2 aromatic rings. The SMILES string of the molecule is NCCN1CCN(C(=O)c2ccc3[nH]c(=O)c4c(c3c2)CCSC4)CC1. The molecule has 1 amide bonds. The molecular formula is C19H24N4O2S. The van der Waals surface area contributed by atoms with Crippen LogP contribution in [0.4, 0.5) is 0 Å². The molecule has 0 spiro atoms. The molecule has 138 valence electrons. The summed E-state index contributed by atoms with van der Waals surface area (Å²) in [5.74, 6) is 1.85. The molecule has 0 saturated carbocycles. The molecule has 2 aliphatic heterocycles. The first-order valence-corrected chi connectivity index (χ1v) is 10.3. The van der Waals surface area contributed by atoms with Gasteiger partial charge in [-0.2, -0.15) is 11.8 Å². The zero-order valence-corrected chi connectivity index (χ0v) is 15.6. The third kappa shape index (κ3) is 3.26. The highest BCUT2D eigenvalue weighted by molar-refractivity contribution is 7.98. The number of aryl methyl sites for hydroxylation is 1. The lowest BCUT2D eigenvalue weighted by Gasteiger charge is -2.34. The van der Waals surface area contributed by atoms with Gasteiger partial charge in [-0.15, -0.1) is 0 Å². The molecule has 0 aliphatic carbocycles. The van der Waals surface area contributed by atoms with E-state index in [-0.39, 0.29) is 11.5 Å². The monoisotopic (exact) mass is 372 g/mol. The molecule has 7 heteroatoms. The van der Waals surface area contributed by atoms with Crippen molar-refractivity contribution in [1.82, 2.24) is 14.8 Å². The number of thioether (sulfide) groups is 1. The summed E-state index contributed by atoms with van der Waals surface area (Å²) in [5, 5.41) is 1.02. The van der Waals surface area contributed by atoms with Crippen LogP contribution in [0.25, 0.3) is 10.9 Å². The lowest BCUT2D eigenvalue weighted by atomic mass is 9.99. The number of carbonyl (C=O) groups excluding carboxylic acids is 1. The molecule has 4 rings (SSSR count). The number of benzene rings is 1. The van der Waals surface area contributed by atoms with Crippen LogP contribution in [-0.4, -0.2) is 65.7 Å². The van der Waals surface area contributed by atoms with Crippen LogP contribution in [0, 0.1) is 0 Å². The van der Waals surface area contributed by atoms with Crippen molar-refractivity contribution in [3.63, 3.8) is 0 Å². The number of pyridine rings is 1. The van der Waals surface area contributed by atoms with Gasteiger partial charge in [0.25, 0.3) is 11.5 Å². The maximum atomic E-state index is 12.9. The Morgan fingerprint density at radius 2 is 2.00 bits per heavy atom. The molecule has 26 heavy (non-hydrogen) atoms. The van der Waals surface area contributed by atoms with Gasteiger partial charge >= 0.3 is 0 Å². The Bertz CT molecular complexity index is 887. The van der Waals surface area contributed by atoms with Crippen molar-refractivity contribution < 1.29 is 4.79 Å². The van der Waals surface area contributed by atoms with Crippen LogP contribution >= 0.6 is 11.8 Å². The number of carbonyl (C=O) groups is 1. The number of hydrogen-bond acceptors (Lipinski definition) is 5. The smallest absolute Gasteiger partial charge is 0.253 e. The van der Waals surface area contributed by atoms with Gasteiger partial charge in [0.2, 0.25) is 0 Å². The van der Waals surface area contributed by atoms with Gasteiger partial charge in [-0.3, -0.25) is 14.5 Å². The lowest BCUT2D eigenvalue weighted by Crippen LogP contribution is -2.49. The molecule has 1 fully saturated rings. The van der Waals surface area contributed by atoms with Crippen LogP contribution in [0.3, 0.4) is 0 Å². The van der Waals surface area contributed by atoms with E-state index in [0.717, 1.165) is 72.7 Å². The Balaban J connectivity index is 1.62. The van der Waals surface area contributed by atoms with E-state index in [1.165, 1.54) is 0 Å². The number of aromatic nitrogens is 1. The van der Waals surface area contributed by atoms with E-state index in [1.807, 2.05) is 23.1 Å². The largest absolute Gasteiger partial charge is 0.336 e. The van der Waals surface area contributed by atoms with E-state index in [1.54, 1.807) is 11.8 Å². The molecule has 1 aromatic carbocycles. The van der Waals surface area contributed by atoms with Gasteiger partial charge in [0.15, 0.2) is 0 Å². The third-order valence-electron chi connectivity index (χ3n) is 5.33. The summed E-state index contributed by atoms with van der Waals surface area (Å²) >= 11 is 1.79. The van der Waals surface area contributed by atoms with Crippen molar-refractivity contribution in [3.8, 4) is 0 Å². The number of nitrogens with two attached hydrogens (primary N) is 1. The third-order valence-corrected chi connectivity index (χ3v) is 6.31. The van der Waals surface area contributed by atoms with Gasteiger partial charge in [-0.25, -0.2) is 0 Å². The lowest BCUT2D eigenvalue weighted by molar-refractivity contribution is 0.0641. The van der Waals surface area contributed by atoms with Crippen molar-refractivity contribution in [2.45, 2.75) is 12.2 Å². The number of H-pyrrole nitrogens is 1. The molecular weight excluding hydrogens is 348 g/mol. The Morgan fingerprint density at radius 3 is 2.77 bits per heavy atom. The summed E-state index contributed by atoms with van der Waals surface area (Å²) < 4.78 is 0. The molecule has 1 saturated heterocycles. The van der Waals surface area contributed by atoms with Crippen LogP contribution in [0.1, 0.15) is 21.5 Å². The normalized spacial score (nSPS) is 18.1. The second-order valence-electron chi connectivity index (χ2n) is 6.90. The predicted molar refractivity (Wildman–Crippen MR) is 106 cm³/mol. The highest BCUT2D eigenvalue weighted by atomic mass is 32.2. The fourth-order valence-corrected chi connectivity index (χ4v) is 4.86. The fourth-order valence-electron chi connectivity index (χ4n) is 3.86. The summed E-state index contributed by atoms with van der Waals surface area (Å²) in [6.07, 6.45) is 0.885. The van der Waals surface area contributed by atoms with E-state index in [9.17, 15) is 9.59 Å². The number of rotatable bonds is 3. The fraction of sp³-hybridized carbons (Fsp3) is 0.474. The maximum Gasteiger partial charge on any atom is 0.253 e. The van der Waals surface area contributed by atoms with Crippen LogP contribution < -0.4 is 11.3 Å². The predicted octanol–water partition coefficient (Wildman–Crippen LogP) is 1.03. The van der Waals surface area contributed by atoms with E-state index in [2.05, 4.69) is 9.88 Å². The summed E-state index contributed by atoms with van der Waals surface area (Å²) in [6.45, 7) is 4.75. The molecule has 3 heterocycles. The minimum atomic E-state index is 0.00908. The molecule has 0 atom stereocenters. The number of nitrogens with zero attached hydrogens (tertiary/aromatic N) is 2. The van der Waals surface area contributed by atoms with Gasteiger partial charge < -0.3 is 15.6 Å². The van der Waals surface area contributed by atoms with E-state index in [0.29, 0.717) is 12.1 Å². The number of nitrogens with one attached hydrogen (secondary N) is 1. The summed E-state index contributed by atoms with van der Waals surface area (Å²) in [5.41, 5.74) is 9.14. The highest BCUT2D eigenvalue weighted by Crippen LogP contribution is 2.28. The standard InChI is InChI=1S/C19H24N4O2S/c20-4-5-22-6-8-23(9-7-22)19(25)13-1-2-17-15(11-13)14-3-10-26-12-16(14)18(24)21-17/h1-2,11H,3-10,12,20H2,(H,21,24). The summed E-state index contributed by atoms with van der Waals surface area (Å²) in [6, 6.07) is 5.67. The number of piperazine rings is 1. The second kappa shape index (κ2) is 7.42.